The first kappa shape index (κ1) is 11.2. The van der Waals surface area contributed by atoms with Crippen molar-refractivity contribution in [1.29, 1.82) is 0 Å². The molecule has 0 heterocycles. The third-order valence-corrected chi connectivity index (χ3v) is 1.60. The fraction of sp³-hybridized carbons (Fsp3) is 0.700. The Hall–Kier alpha value is -0.790. The van der Waals surface area contributed by atoms with Crippen LogP contribution < -0.4 is 5.32 Å². The quantitative estimate of drug-likeness (QED) is 0.630. The molecule has 0 saturated carbocycles. The van der Waals surface area contributed by atoms with Gasteiger partial charge in [-0.2, -0.15) is 0 Å². The number of carbonyl (C=O) groups excluding carboxylic acids is 1. The molecule has 0 bridgehead atoms. The molecular formula is C10H19NO. The van der Waals surface area contributed by atoms with Crippen LogP contribution in [0.25, 0.3) is 0 Å². The summed E-state index contributed by atoms with van der Waals surface area (Å²) in [6.07, 6.45) is 0. The maximum absolute atomic E-state index is 11.4. The fourth-order valence-corrected chi connectivity index (χ4v) is 0.690. The molecule has 0 fully saturated rings. The number of hydrogen-bond donors (Lipinski definition) is 1. The summed E-state index contributed by atoms with van der Waals surface area (Å²) in [7, 11) is 0. The number of carbonyl (C=O) groups is 1. The predicted octanol–water partition coefficient (Wildman–Crippen LogP) is 2.11. The Morgan fingerprint density at radius 1 is 1.33 bits per heavy atom. The third kappa shape index (κ3) is 3.56. The first-order chi connectivity index (χ1) is 5.25. The van der Waals surface area contributed by atoms with E-state index < -0.39 is 0 Å². The monoisotopic (exact) mass is 169 g/mol. The minimum absolute atomic E-state index is 0.0440. The first-order valence-corrected chi connectivity index (χ1v) is 4.25. The zero-order valence-electron chi connectivity index (χ0n) is 8.69. The minimum Gasteiger partial charge on any atom is -0.350 e. The molecule has 0 aliphatic carbocycles. The van der Waals surface area contributed by atoms with Crippen LogP contribution in [0, 0.1) is 5.41 Å². The molecule has 1 amide bonds. The molecule has 0 aromatic rings. The van der Waals surface area contributed by atoms with Crippen LogP contribution in [0.1, 0.15) is 34.6 Å². The van der Waals surface area contributed by atoms with Crippen molar-refractivity contribution >= 4 is 5.91 Å². The summed E-state index contributed by atoms with van der Waals surface area (Å²) in [5, 5.41) is 2.81. The van der Waals surface area contributed by atoms with E-state index in [9.17, 15) is 4.79 Å². The van der Waals surface area contributed by atoms with Gasteiger partial charge in [0.15, 0.2) is 0 Å². The van der Waals surface area contributed by atoms with Crippen molar-refractivity contribution in [1.82, 2.24) is 5.32 Å². The lowest BCUT2D eigenvalue weighted by atomic mass is 9.87. The Morgan fingerprint density at radius 3 is 2.00 bits per heavy atom. The molecule has 0 saturated heterocycles. The standard InChI is InChI=1S/C10H19NO/c1-7(2)11-9(12)8(3)10(4,5)6/h7H,3H2,1-2,4-6H3,(H,11,12). The second-order valence-electron chi connectivity index (χ2n) is 4.36. The lowest BCUT2D eigenvalue weighted by Crippen LogP contribution is -2.34. The summed E-state index contributed by atoms with van der Waals surface area (Å²) in [6, 6.07) is 0.177. The second-order valence-corrected chi connectivity index (χ2v) is 4.36. The highest BCUT2D eigenvalue weighted by Gasteiger charge is 2.21. The second kappa shape index (κ2) is 3.74. The predicted molar refractivity (Wildman–Crippen MR) is 51.9 cm³/mol. The largest absolute Gasteiger partial charge is 0.350 e. The van der Waals surface area contributed by atoms with Crippen molar-refractivity contribution in [3.8, 4) is 0 Å². The molecule has 0 unspecified atom stereocenters. The van der Waals surface area contributed by atoms with Crippen LogP contribution in [-0.2, 0) is 4.79 Å². The molecular weight excluding hydrogens is 150 g/mol. The number of rotatable bonds is 2. The molecule has 0 rings (SSSR count). The van der Waals surface area contributed by atoms with Crippen molar-refractivity contribution in [2.45, 2.75) is 40.7 Å². The highest BCUT2D eigenvalue weighted by atomic mass is 16.1. The van der Waals surface area contributed by atoms with Crippen molar-refractivity contribution in [2.24, 2.45) is 5.41 Å². The molecule has 12 heavy (non-hydrogen) atoms. The van der Waals surface area contributed by atoms with Crippen LogP contribution in [0.2, 0.25) is 0 Å². The molecule has 2 heteroatoms. The lowest BCUT2D eigenvalue weighted by molar-refractivity contribution is -0.118. The molecule has 0 aliphatic heterocycles. The van der Waals surface area contributed by atoms with Gasteiger partial charge in [-0.25, -0.2) is 0 Å². The fourth-order valence-electron chi connectivity index (χ4n) is 0.690. The molecule has 0 aliphatic rings. The first-order valence-electron chi connectivity index (χ1n) is 4.25. The third-order valence-electron chi connectivity index (χ3n) is 1.60. The van der Waals surface area contributed by atoms with E-state index in [0.717, 1.165) is 0 Å². The molecule has 2 nitrogen and oxygen atoms in total. The number of hydrogen-bond acceptors (Lipinski definition) is 1. The van der Waals surface area contributed by atoms with Crippen LogP contribution in [0.3, 0.4) is 0 Å². The maximum atomic E-state index is 11.4. The van der Waals surface area contributed by atoms with Gasteiger partial charge in [-0.15, -0.1) is 0 Å². The molecule has 0 atom stereocenters. The molecule has 0 radical (unpaired) electrons. The van der Waals surface area contributed by atoms with Gasteiger partial charge in [0.05, 0.1) is 0 Å². The van der Waals surface area contributed by atoms with E-state index in [0.29, 0.717) is 5.57 Å². The van der Waals surface area contributed by atoms with Crippen molar-refractivity contribution < 1.29 is 4.79 Å². The van der Waals surface area contributed by atoms with Gasteiger partial charge in [-0.05, 0) is 19.3 Å². The smallest absolute Gasteiger partial charge is 0.247 e. The van der Waals surface area contributed by atoms with E-state index in [1.807, 2.05) is 34.6 Å². The summed E-state index contributed by atoms with van der Waals surface area (Å²) in [5.74, 6) is -0.0440. The van der Waals surface area contributed by atoms with Gasteiger partial charge in [0.1, 0.15) is 0 Å². The Labute approximate surface area is 75.0 Å². The summed E-state index contributed by atoms with van der Waals surface area (Å²) >= 11 is 0. The minimum atomic E-state index is -0.140. The molecule has 0 aromatic carbocycles. The van der Waals surface area contributed by atoms with Crippen molar-refractivity contribution in [2.75, 3.05) is 0 Å². The number of amides is 1. The summed E-state index contributed by atoms with van der Waals surface area (Å²) < 4.78 is 0. The van der Waals surface area contributed by atoms with Crippen LogP contribution in [0.15, 0.2) is 12.2 Å². The van der Waals surface area contributed by atoms with Crippen LogP contribution >= 0.6 is 0 Å². The van der Waals surface area contributed by atoms with Crippen molar-refractivity contribution in [3.05, 3.63) is 12.2 Å². The molecule has 0 spiro atoms. The average Bonchev–Trinajstić information content (AvgIpc) is 1.82. The van der Waals surface area contributed by atoms with Gasteiger partial charge in [0.25, 0.3) is 0 Å². The average molecular weight is 169 g/mol. The van der Waals surface area contributed by atoms with Gasteiger partial charge >= 0.3 is 0 Å². The van der Waals surface area contributed by atoms with Gasteiger partial charge < -0.3 is 5.32 Å². The normalized spacial score (nSPS) is 11.5. The van der Waals surface area contributed by atoms with Gasteiger partial charge in [-0.1, -0.05) is 27.4 Å². The van der Waals surface area contributed by atoms with E-state index in [1.54, 1.807) is 0 Å². The zero-order valence-corrected chi connectivity index (χ0v) is 8.69. The highest BCUT2D eigenvalue weighted by molar-refractivity contribution is 5.94. The zero-order chi connectivity index (χ0) is 9.94. The molecule has 70 valence electrons. The van der Waals surface area contributed by atoms with E-state index in [1.165, 1.54) is 0 Å². The van der Waals surface area contributed by atoms with E-state index in [2.05, 4.69) is 11.9 Å². The highest BCUT2D eigenvalue weighted by Crippen LogP contribution is 2.23. The van der Waals surface area contributed by atoms with Gasteiger partial charge in [0, 0.05) is 11.6 Å². The molecule has 1 N–H and O–H groups in total. The van der Waals surface area contributed by atoms with Crippen molar-refractivity contribution in [3.63, 3.8) is 0 Å². The Morgan fingerprint density at radius 2 is 1.75 bits per heavy atom. The van der Waals surface area contributed by atoms with Crippen LogP contribution in [0.4, 0.5) is 0 Å². The topological polar surface area (TPSA) is 29.1 Å². The van der Waals surface area contributed by atoms with E-state index >= 15 is 0 Å². The van der Waals surface area contributed by atoms with Crippen LogP contribution in [0.5, 0.6) is 0 Å². The van der Waals surface area contributed by atoms with E-state index in [-0.39, 0.29) is 17.4 Å². The summed E-state index contributed by atoms with van der Waals surface area (Å²) in [6.45, 7) is 13.6. The SMILES string of the molecule is C=C(C(=O)NC(C)C)C(C)(C)C. The molecule has 0 aromatic heterocycles. The summed E-state index contributed by atoms with van der Waals surface area (Å²) in [5.41, 5.74) is 0.495. The maximum Gasteiger partial charge on any atom is 0.247 e. The Kier molecular flexibility index (Phi) is 3.50. The van der Waals surface area contributed by atoms with Gasteiger partial charge in [0.2, 0.25) is 5.91 Å². The number of nitrogens with one attached hydrogen (secondary N) is 1. The Bertz CT molecular complexity index is 187. The lowest BCUT2D eigenvalue weighted by Gasteiger charge is -2.21. The van der Waals surface area contributed by atoms with Crippen LogP contribution in [-0.4, -0.2) is 11.9 Å². The Balaban J connectivity index is 4.22. The van der Waals surface area contributed by atoms with E-state index in [4.69, 9.17) is 0 Å². The summed E-state index contributed by atoms with van der Waals surface area (Å²) in [4.78, 5) is 11.4. The van der Waals surface area contributed by atoms with Gasteiger partial charge in [-0.3, -0.25) is 4.79 Å².